The van der Waals surface area contributed by atoms with Gasteiger partial charge in [-0.2, -0.15) is 0 Å². The second kappa shape index (κ2) is 2.83. The zero-order chi connectivity index (χ0) is 9.54. The molecule has 2 aliphatic carbocycles. The first-order valence-corrected chi connectivity index (χ1v) is 5.15. The molecule has 2 fully saturated rings. The standard InChI is InChI=1S/C10H14N4/c11-9-4-10(13-5-12-9)14-8-2-6-1-7(6)3-8/h4-8H,1-3H2,(H3,11,12,13,14). The van der Waals surface area contributed by atoms with Crippen LogP contribution in [0.2, 0.25) is 0 Å². The predicted molar refractivity (Wildman–Crippen MR) is 54.7 cm³/mol. The van der Waals surface area contributed by atoms with Crippen LogP contribution in [0.4, 0.5) is 11.6 Å². The van der Waals surface area contributed by atoms with Gasteiger partial charge in [0.2, 0.25) is 0 Å². The highest BCUT2D eigenvalue weighted by molar-refractivity contribution is 5.44. The van der Waals surface area contributed by atoms with E-state index in [-0.39, 0.29) is 0 Å². The number of hydrogen-bond acceptors (Lipinski definition) is 4. The summed E-state index contributed by atoms with van der Waals surface area (Å²) in [5.41, 5.74) is 5.58. The van der Waals surface area contributed by atoms with Crippen LogP contribution < -0.4 is 11.1 Å². The summed E-state index contributed by atoms with van der Waals surface area (Å²) < 4.78 is 0. The average Bonchev–Trinajstić information content (AvgIpc) is 2.74. The molecular weight excluding hydrogens is 176 g/mol. The zero-order valence-electron chi connectivity index (χ0n) is 7.98. The molecule has 3 N–H and O–H groups in total. The van der Waals surface area contributed by atoms with E-state index in [1.54, 1.807) is 6.07 Å². The molecule has 4 heteroatoms. The van der Waals surface area contributed by atoms with Crippen LogP contribution in [0.5, 0.6) is 0 Å². The topological polar surface area (TPSA) is 63.8 Å². The number of hydrogen-bond donors (Lipinski definition) is 2. The molecule has 1 heterocycles. The lowest BCUT2D eigenvalue weighted by Crippen LogP contribution is -2.17. The van der Waals surface area contributed by atoms with E-state index in [0.29, 0.717) is 11.9 Å². The molecule has 2 atom stereocenters. The largest absolute Gasteiger partial charge is 0.384 e. The second-order valence-electron chi connectivity index (χ2n) is 4.40. The number of fused-ring (bicyclic) bond motifs is 1. The molecule has 2 aliphatic rings. The van der Waals surface area contributed by atoms with Gasteiger partial charge in [-0.3, -0.25) is 0 Å². The normalized spacial score (nSPS) is 33.9. The molecule has 14 heavy (non-hydrogen) atoms. The van der Waals surface area contributed by atoms with Crippen molar-refractivity contribution in [1.29, 1.82) is 0 Å². The van der Waals surface area contributed by atoms with Crippen LogP contribution in [0.3, 0.4) is 0 Å². The SMILES string of the molecule is Nc1cc(NC2CC3CC3C2)ncn1. The number of nitrogens with one attached hydrogen (secondary N) is 1. The quantitative estimate of drug-likeness (QED) is 0.737. The van der Waals surface area contributed by atoms with Gasteiger partial charge >= 0.3 is 0 Å². The third kappa shape index (κ3) is 1.41. The molecule has 0 radical (unpaired) electrons. The summed E-state index contributed by atoms with van der Waals surface area (Å²) in [5, 5.41) is 3.41. The molecule has 0 bridgehead atoms. The van der Waals surface area contributed by atoms with E-state index in [2.05, 4.69) is 15.3 Å². The van der Waals surface area contributed by atoms with Crippen LogP contribution in [0, 0.1) is 11.8 Å². The van der Waals surface area contributed by atoms with E-state index in [1.807, 2.05) is 0 Å². The van der Waals surface area contributed by atoms with Crippen molar-refractivity contribution in [2.75, 3.05) is 11.1 Å². The first kappa shape index (κ1) is 8.03. The number of nitrogens with two attached hydrogens (primary N) is 1. The van der Waals surface area contributed by atoms with Gasteiger partial charge in [0.1, 0.15) is 18.0 Å². The van der Waals surface area contributed by atoms with Crippen LogP contribution in [-0.4, -0.2) is 16.0 Å². The lowest BCUT2D eigenvalue weighted by molar-refractivity contribution is 0.649. The fraction of sp³-hybridized carbons (Fsp3) is 0.600. The van der Waals surface area contributed by atoms with Gasteiger partial charge in [0.05, 0.1) is 0 Å². The number of nitrogens with zero attached hydrogens (tertiary/aromatic N) is 2. The van der Waals surface area contributed by atoms with Gasteiger partial charge in [-0.25, -0.2) is 9.97 Å². The molecule has 0 saturated heterocycles. The minimum atomic E-state index is 0.533. The monoisotopic (exact) mass is 190 g/mol. The highest BCUT2D eigenvalue weighted by Gasteiger charge is 2.45. The van der Waals surface area contributed by atoms with Crippen LogP contribution in [0.1, 0.15) is 19.3 Å². The number of aromatic nitrogens is 2. The van der Waals surface area contributed by atoms with Gasteiger partial charge in [-0.05, 0) is 31.1 Å². The van der Waals surface area contributed by atoms with E-state index in [4.69, 9.17) is 5.73 Å². The fourth-order valence-electron chi connectivity index (χ4n) is 2.49. The Balaban J connectivity index is 1.66. The number of rotatable bonds is 2. The maximum absolute atomic E-state index is 5.58. The molecule has 0 aromatic carbocycles. The Hall–Kier alpha value is -1.32. The lowest BCUT2D eigenvalue weighted by Gasteiger charge is -2.14. The number of anilines is 2. The van der Waals surface area contributed by atoms with Crippen molar-refractivity contribution in [2.24, 2.45) is 11.8 Å². The molecule has 0 aliphatic heterocycles. The molecule has 2 unspecified atom stereocenters. The molecule has 2 saturated carbocycles. The molecule has 0 spiro atoms. The van der Waals surface area contributed by atoms with E-state index in [0.717, 1.165) is 17.7 Å². The highest BCUT2D eigenvalue weighted by atomic mass is 15.1. The lowest BCUT2D eigenvalue weighted by atomic mass is 10.1. The van der Waals surface area contributed by atoms with Crippen molar-refractivity contribution in [1.82, 2.24) is 9.97 Å². The van der Waals surface area contributed by atoms with Gasteiger partial charge < -0.3 is 11.1 Å². The minimum Gasteiger partial charge on any atom is -0.384 e. The van der Waals surface area contributed by atoms with Crippen molar-refractivity contribution in [3.8, 4) is 0 Å². The van der Waals surface area contributed by atoms with Gasteiger partial charge in [0.15, 0.2) is 0 Å². The van der Waals surface area contributed by atoms with E-state index < -0.39 is 0 Å². The van der Waals surface area contributed by atoms with Crippen molar-refractivity contribution in [3.63, 3.8) is 0 Å². The second-order valence-corrected chi connectivity index (χ2v) is 4.40. The Morgan fingerprint density at radius 2 is 2.00 bits per heavy atom. The summed E-state index contributed by atoms with van der Waals surface area (Å²) in [5.74, 6) is 3.38. The van der Waals surface area contributed by atoms with Gasteiger partial charge in [-0.1, -0.05) is 0 Å². The smallest absolute Gasteiger partial charge is 0.131 e. The Bertz CT molecular complexity index is 342. The van der Waals surface area contributed by atoms with Crippen molar-refractivity contribution in [3.05, 3.63) is 12.4 Å². The molecule has 1 aromatic heterocycles. The summed E-state index contributed by atoms with van der Waals surface area (Å²) in [6, 6.07) is 2.40. The maximum Gasteiger partial charge on any atom is 0.131 e. The molecule has 0 amide bonds. The summed E-state index contributed by atoms with van der Waals surface area (Å²) in [6.45, 7) is 0. The molecule has 4 nitrogen and oxygen atoms in total. The summed E-state index contributed by atoms with van der Waals surface area (Å²) >= 11 is 0. The summed E-state index contributed by atoms with van der Waals surface area (Å²) in [7, 11) is 0. The van der Waals surface area contributed by atoms with E-state index >= 15 is 0 Å². The Kier molecular flexibility index (Phi) is 1.63. The molecule has 1 aromatic rings. The van der Waals surface area contributed by atoms with Gasteiger partial charge in [0, 0.05) is 12.1 Å². The molecule has 74 valence electrons. The first-order valence-electron chi connectivity index (χ1n) is 5.15. The van der Waals surface area contributed by atoms with Crippen LogP contribution in [0.15, 0.2) is 12.4 Å². The number of nitrogen functional groups attached to an aromatic ring is 1. The van der Waals surface area contributed by atoms with Crippen molar-refractivity contribution in [2.45, 2.75) is 25.3 Å². The van der Waals surface area contributed by atoms with Crippen molar-refractivity contribution < 1.29 is 0 Å². The Morgan fingerprint density at radius 3 is 2.71 bits per heavy atom. The molecular formula is C10H14N4. The van der Waals surface area contributed by atoms with Crippen LogP contribution in [0.25, 0.3) is 0 Å². The average molecular weight is 190 g/mol. The third-order valence-electron chi connectivity index (χ3n) is 3.28. The summed E-state index contributed by atoms with van der Waals surface area (Å²) in [6.07, 6.45) is 5.56. The van der Waals surface area contributed by atoms with E-state index in [1.165, 1.54) is 25.6 Å². The third-order valence-corrected chi connectivity index (χ3v) is 3.28. The van der Waals surface area contributed by atoms with E-state index in [9.17, 15) is 0 Å². The van der Waals surface area contributed by atoms with Crippen LogP contribution in [-0.2, 0) is 0 Å². The highest BCUT2D eigenvalue weighted by Crippen LogP contribution is 2.52. The Morgan fingerprint density at radius 1 is 1.21 bits per heavy atom. The maximum atomic E-state index is 5.58. The Labute approximate surface area is 82.9 Å². The van der Waals surface area contributed by atoms with Crippen molar-refractivity contribution >= 4 is 11.6 Å². The predicted octanol–water partition coefficient (Wildman–Crippen LogP) is 1.27. The minimum absolute atomic E-state index is 0.533. The summed E-state index contributed by atoms with van der Waals surface area (Å²) in [4.78, 5) is 8.01. The van der Waals surface area contributed by atoms with Gasteiger partial charge in [-0.15, -0.1) is 0 Å². The first-order chi connectivity index (χ1) is 6.81. The molecule has 3 rings (SSSR count). The van der Waals surface area contributed by atoms with Crippen LogP contribution >= 0.6 is 0 Å². The van der Waals surface area contributed by atoms with Gasteiger partial charge in [0.25, 0.3) is 0 Å². The fourth-order valence-corrected chi connectivity index (χ4v) is 2.49. The zero-order valence-corrected chi connectivity index (χ0v) is 7.98.